The van der Waals surface area contributed by atoms with Gasteiger partial charge in [-0.25, -0.2) is 0 Å². The number of methoxy groups -OCH3 is 1. The minimum Gasteiger partial charge on any atom is -0.395 e. The number of ether oxygens (including phenoxy) is 1. The molecule has 2 unspecified atom stereocenters. The first-order chi connectivity index (χ1) is 7.72. The molecule has 96 valence electrons. The zero-order valence-corrected chi connectivity index (χ0v) is 10.6. The van der Waals surface area contributed by atoms with Crippen molar-refractivity contribution >= 4 is 0 Å². The van der Waals surface area contributed by atoms with Crippen molar-refractivity contribution in [1.29, 1.82) is 0 Å². The van der Waals surface area contributed by atoms with E-state index in [1.54, 1.807) is 7.11 Å². The highest BCUT2D eigenvalue weighted by molar-refractivity contribution is 4.84. The van der Waals surface area contributed by atoms with E-state index in [0.717, 1.165) is 19.0 Å². The number of aliphatic hydroxyl groups excluding tert-OH is 1. The quantitative estimate of drug-likeness (QED) is 0.695. The molecule has 16 heavy (non-hydrogen) atoms. The number of nitrogens with zero attached hydrogens (tertiary/aromatic N) is 1. The molecule has 4 heteroatoms. The molecule has 1 aliphatic heterocycles. The molecule has 0 aromatic carbocycles. The van der Waals surface area contributed by atoms with E-state index in [9.17, 15) is 5.11 Å². The van der Waals surface area contributed by atoms with Gasteiger partial charge in [0.2, 0.25) is 0 Å². The summed E-state index contributed by atoms with van der Waals surface area (Å²) in [5, 5.41) is 9.42. The van der Waals surface area contributed by atoms with Gasteiger partial charge in [0.1, 0.15) is 0 Å². The van der Waals surface area contributed by atoms with Gasteiger partial charge >= 0.3 is 0 Å². The monoisotopic (exact) mass is 230 g/mol. The molecule has 1 heterocycles. The molecule has 0 spiro atoms. The van der Waals surface area contributed by atoms with E-state index >= 15 is 0 Å². The first-order valence-electron chi connectivity index (χ1n) is 6.32. The molecule has 4 nitrogen and oxygen atoms in total. The summed E-state index contributed by atoms with van der Waals surface area (Å²) in [6.45, 7) is 5.00. The van der Waals surface area contributed by atoms with Crippen LogP contribution in [0, 0.1) is 5.92 Å². The normalized spacial score (nSPS) is 23.2. The van der Waals surface area contributed by atoms with E-state index in [2.05, 4.69) is 11.8 Å². The Hall–Kier alpha value is -0.160. The van der Waals surface area contributed by atoms with Crippen LogP contribution in [0.15, 0.2) is 0 Å². The van der Waals surface area contributed by atoms with E-state index in [0.29, 0.717) is 6.61 Å². The average Bonchev–Trinajstić information content (AvgIpc) is 2.31. The molecule has 0 aliphatic carbocycles. The van der Waals surface area contributed by atoms with E-state index in [-0.39, 0.29) is 18.7 Å². The van der Waals surface area contributed by atoms with Crippen molar-refractivity contribution in [3.05, 3.63) is 0 Å². The summed E-state index contributed by atoms with van der Waals surface area (Å²) in [6, 6.07) is -0.0362. The maximum absolute atomic E-state index is 9.42. The Morgan fingerprint density at radius 2 is 2.06 bits per heavy atom. The lowest BCUT2D eigenvalue weighted by Gasteiger charge is -2.39. The lowest BCUT2D eigenvalue weighted by Crippen LogP contribution is -2.54. The Labute approximate surface area is 98.8 Å². The average molecular weight is 230 g/mol. The molecule has 2 atom stereocenters. The number of rotatable bonds is 6. The van der Waals surface area contributed by atoms with Gasteiger partial charge in [0, 0.05) is 13.2 Å². The maximum atomic E-state index is 9.42. The molecule has 1 rings (SSSR count). The second-order valence-electron chi connectivity index (χ2n) is 4.76. The Morgan fingerprint density at radius 3 is 2.50 bits per heavy atom. The highest BCUT2D eigenvalue weighted by Gasteiger charge is 2.27. The van der Waals surface area contributed by atoms with Crippen LogP contribution >= 0.6 is 0 Å². The van der Waals surface area contributed by atoms with Crippen LogP contribution in [-0.2, 0) is 4.74 Å². The molecule has 1 saturated heterocycles. The Bertz CT molecular complexity index is 182. The molecule has 0 bridgehead atoms. The summed E-state index contributed by atoms with van der Waals surface area (Å²) in [7, 11) is 1.65. The Kier molecular flexibility index (Phi) is 6.28. The van der Waals surface area contributed by atoms with Gasteiger partial charge in [-0.15, -0.1) is 0 Å². The van der Waals surface area contributed by atoms with E-state index in [1.165, 1.54) is 19.3 Å². The molecule has 3 N–H and O–H groups in total. The highest BCUT2D eigenvalue weighted by Crippen LogP contribution is 2.22. The zero-order chi connectivity index (χ0) is 12.0. The molecule has 0 aromatic rings. The fourth-order valence-electron chi connectivity index (χ4n) is 2.52. The van der Waals surface area contributed by atoms with Crippen molar-refractivity contribution in [2.75, 3.05) is 33.4 Å². The van der Waals surface area contributed by atoms with Crippen molar-refractivity contribution in [3.63, 3.8) is 0 Å². The molecule has 0 amide bonds. The van der Waals surface area contributed by atoms with E-state index in [1.807, 2.05) is 0 Å². The highest BCUT2D eigenvalue weighted by atomic mass is 16.5. The van der Waals surface area contributed by atoms with Crippen LogP contribution < -0.4 is 5.73 Å². The number of piperidine rings is 1. The van der Waals surface area contributed by atoms with Crippen LogP contribution in [0.5, 0.6) is 0 Å². The maximum Gasteiger partial charge on any atom is 0.0629 e. The number of likely N-dealkylation sites (tertiary alicyclic amines) is 1. The van der Waals surface area contributed by atoms with Crippen LogP contribution in [0.3, 0.4) is 0 Å². The Morgan fingerprint density at radius 1 is 1.44 bits per heavy atom. The minimum atomic E-state index is -0.0897. The number of hydrogen-bond donors (Lipinski definition) is 2. The second-order valence-corrected chi connectivity index (χ2v) is 4.76. The van der Waals surface area contributed by atoms with Gasteiger partial charge in [-0.05, 0) is 31.8 Å². The smallest absolute Gasteiger partial charge is 0.0629 e. The fourth-order valence-corrected chi connectivity index (χ4v) is 2.52. The lowest BCUT2D eigenvalue weighted by molar-refractivity contribution is 0.0480. The predicted molar refractivity (Wildman–Crippen MR) is 65.3 cm³/mol. The topological polar surface area (TPSA) is 58.7 Å². The van der Waals surface area contributed by atoms with Crippen molar-refractivity contribution in [3.8, 4) is 0 Å². The summed E-state index contributed by atoms with van der Waals surface area (Å²) in [5.41, 5.74) is 6.01. The van der Waals surface area contributed by atoms with Gasteiger partial charge in [0.05, 0.1) is 19.3 Å². The van der Waals surface area contributed by atoms with Gasteiger partial charge in [0.25, 0.3) is 0 Å². The molecule has 0 radical (unpaired) electrons. The zero-order valence-electron chi connectivity index (χ0n) is 10.6. The largest absolute Gasteiger partial charge is 0.395 e. The standard InChI is InChI=1S/C12H26N2O2/c1-3-10-4-6-14(7-5-10)12(8-15)11(13)9-16-2/h10-12,15H,3-9,13H2,1-2H3. The van der Waals surface area contributed by atoms with Crippen molar-refractivity contribution in [2.45, 2.75) is 38.3 Å². The predicted octanol–water partition coefficient (Wildman–Crippen LogP) is 0.443. The third-order valence-corrected chi connectivity index (χ3v) is 3.74. The van der Waals surface area contributed by atoms with Gasteiger partial charge in [-0.3, -0.25) is 4.90 Å². The second kappa shape index (κ2) is 7.22. The third kappa shape index (κ3) is 3.70. The first kappa shape index (κ1) is 13.9. The van der Waals surface area contributed by atoms with Crippen LogP contribution in [0.4, 0.5) is 0 Å². The van der Waals surface area contributed by atoms with Crippen LogP contribution in [0.2, 0.25) is 0 Å². The van der Waals surface area contributed by atoms with Crippen LogP contribution in [0.1, 0.15) is 26.2 Å². The molecule has 0 aromatic heterocycles. The summed E-state index contributed by atoms with van der Waals surface area (Å²) in [6.07, 6.45) is 3.72. The van der Waals surface area contributed by atoms with Crippen molar-refractivity contribution in [2.24, 2.45) is 11.7 Å². The number of nitrogens with two attached hydrogens (primary N) is 1. The summed E-state index contributed by atoms with van der Waals surface area (Å²) in [5.74, 6) is 0.856. The minimum absolute atomic E-state index is 0.0535. The molecule has 0 saturated carbocycles. The summed E-state index contributed by atoms with van der Waals surface area (Å²) in [4.78, 5) is 2.32. The van der Waals surface area contributed by atoms with Gasteiger partial charge in [-0.2, -0.15) is 0 Å². The SMILES string of the molecule is CCC1CCN(C(CO)C(N)COC)CC1. The van der Waals surface area contributed by atoms with Gasteiger partial charge in [0.15, 0.2) is 0 Å². The molecular formula is C12H26N2O2. The number of hydrogen-bond acceptors (Lipinski definition) is 4. The van der Waals surface area contributed by atoms with Crippen molar-refractivity contribution in [1.82, 2.24) is 4.90 Å². The first-order valence-corrected chi connectivity index (χ1v) is 6.32. The molecular weight excluding hydrogens is 204 g/mol. The van der Waals surface area contributed by atoms with Gasteiger partial charge in [-0.1, -0.05) is 13.3 Å². The summed E-state index contributed by atoms with van der Waals surface area (Å²) < 4.78 is 5.06. The van der Waals surface area contributed by atoms with E-state index in [4.69, 9.17) is 10.5 Å². The van der Waals surface area contributed by atoms with E-state index < -0.39 is 0 Å². The molecule has 1 fully saturated rings. The van der Waals surface area contributed by atoms with Crippen LogP contribution in [-0.4, -0.2) is 55.5 Å². The third-order valence-electron chi connectivity index (χ3n) is 3.74. The van der Waals surface area contributed by atoms with Gasteiger partial charge < -0.3 is 15.6 Å². The summed E-state index contributed by atoms with van der Waals surface area (Å²) >= 11 is 0. The number of aliphatic hydroxyl groups is 1. The van der Waals surface area contributed by atoms with Crippen molar-refractivity contribution < 1.29 is 9.84 Å². The Balaban J connectivity index is 2.42. The lowest BCUT2D eigenvalue weighted by atomic mass is 9.92. The molecule has 1 aliphatic rings. The van der Waals surface area contributed by atoms with Crippen LogP contribution in [0.25, 0.3) is 0 Å². The fraction of sp³-hybridized carbons (Fsp3) is 1.00.